The van der Waals surface area contributed by atoms with Crippen LogP contribution in [0.2, 0.25) is 0 Å². The first kappa shape index (κ1) is 25.4. The third kappa shape index (κ3) is 7.95. The van der Waals surface area contributed by atoms with E-state index in [4.69, 9.17) is 4.74 Å². The zero-order chi connectivity index (χ0) is 22.7. The quantitative estimate of drug-likeness (QED) is 0.250. The number of pyridine rings is 1. The lowest BCUT2D eigenvalue weighted by atomic mass is 10.1. The summed E-state index contributed by atoms with van der Waals surface area (Å²) in [7, 11) is 0. The molecule has 0 radical (unpaired) electrons. The summed E-state index contributed by atoms with van der Waals surface area (Å²) >= 11 is 1.51. The highest BCUT2D eigenvalue weighted by Crippen LogP contribution is 2.39. The van der Waals surface area contributed by atoms with E-state index in [1.807, 2.05) is 26.0 Å². The molecule has 0 spiro atoms. The second-order valence-electron chi connectivity index (χ2n) is 8.52. The molecule has 1 aromatic rings. The van der Waals surface area contributed by atoms with E-state index in [1.54, 1.807) is 12.4 Å². The summed E-state index contributed by atoms with van der Waals surface area (Å²) in [5.41, 5.74) is 1.09. The van der Waals surface area contributed by atoms with Crippen LogP contribution in [0.15, 0.2) is 24.5 Å². The Bertz CT molecular complexity index is 724. The van der Waals surface area contributed by atoms with Crippen molar-refractivity contribution in [3.05, 3.63) is 30.1 Å². The van der Waals surface area contributed by atoms with Gasteiger partial charge in [-0.2, -0.15) is 0 Å². The van der Waals surface area contributed by atoms with Gasteiger partial charge in [0.15, 0.2) is 0 Å². The lowest BCUT2D eigenvalue weighted by Crippen LogP contribution is -2.52. The number of thioether (sulfide) groups is 1. The van der Waals surface area contributed by atoms with Crippen LogP contribution < -0.4 is 0 Å². The minimum absolute atomic E-state index is 0.245. The van der Waals surface area contributed by atoms with E-state index in [9.17, 15) is 14.4 Å². The first-order chi connectivity index (χ1) is 14.9. The topological polar surface area (TPSA) is 76.6 Å². The molecule has 0 unspecified atom stereocenters. The van der Waals surface area contributed by atoms with E-state index in [0.717, 1.165) is 31.2 Å². The summed E-state index contributed by atoms with van der Waals surface area (Å²) in [6, 6.07) is 3.16. The summed E-state index contributed by atoms with van der Waals surface area (Å²) in [6.07, 6.45) is 11.6. The largest absolute Gasteiger partial charge is 0.464 e. The van der Waals surface area contributed by atoms with Crippen molar-refractivity contribution in [2.75, 3.05) is 12.4 Å². The maximum atomic E-state index is 12.9. The van der Waals surface area contributed by atoms with Crippen LogP contribution in [-0.4, -0.2) is 50.8 Å². The fourth-order valence-corrected chi connectivity index (χ4v) is 4.96. The highest BCUT2D eigenvalue weighted by atomic mass is 32.2. The molecule has 0 bridgehead atoms. The number of carbonyl (C=O) groups excluding carboxylic acids is 3. The van der Waals surface area contributed by atoms with Crippen molar-refractivity contribution < 1.29 is 19.1 Å². The Hall–Kier alpha value is -1.89. The van der Waals surface area contributed by atoms with Gasteiger partial charge < -0.3 is 9.64 Å². The summed E-state index contributed by atoms with van der Waals surface area (Å²) in [5.74, 6) is -0.934. The fraction of sp³-hybridized carbons (Fsp3) is 0.667. The average Bonchev–Trinajstić information content (AvgIpc) is 3.08. The Morgan fingerprint density at radius 1 is 1.16 bits per heavy atom. The number of rotatable bonds is 13. The van der Waals surface area contributed by atoms with Crippen molar-refractivity contribution in [1.29, 1.82) is 0 Å². The number of Topliss-reactive ketones (excluding diaryl/α,β-unsaturated/α-hetero) is 1. The fourth-order valence-electron chi connectivity index (χ4n) is 3.76. The van der Waals surface area contributed by atoms with Gasteiger partial charge in [-0.3, -0.25) is 14.6 Å². The Balaban J connectivity index is 1.82. The highest BCUT2D eigenvalue weighted by Gasteiger charge is 2.48. The molecule has 0 aliphatic carbocycles. The van der Waals surface area contributed by atoms with Crippen LogP contribution in [0.5, 0.6) is 0 Å². The van der Waals surface area contributed by atoms with Gasteiger partial charge in [0.1, 0.15) is 6.04 Å². The first-order valence-corrected chi connectivity index (χ1v) is 12.4. The molecule has 6 nitrogen and oxygen atoms in total. The third-order valence-electron chi connectivity index (χ3n) is 5.55. The Labute approximate surface area is 190 Å². The minimum atomic E-state index is -0.709. The van der Waals surface area contributed by atoms with Gasteiger partial charge in [-0.1, -0.05) is 45.1 Å². The van der Waals surface area contributed by atoms with Gasteiger partial charge in [-0.25, -0.2) is 4.79 Å². The molecule has 1 fully saturated rings. The van der Waals surface area contributed by atoms with Gasteiger partial charge >= 0.3 is 5.97 Å². The summed E-state index contributed by atoms with van der Waals surface area (Å²) in [5, 5.41) is 0. The minimum Gasteiger partial charge on any atom is -0.464 e. The second kappa shape index (κ2) is 12.8. The van der Waals surface area contributed by atoms with Crippen LogP contribution in [-0.2, 0) is 25.5 Å². The van der Waals surface area contributed by atoms with E-state index >= 15 is 0 Å². The summed E-state index contributed by atoms with van der Waals surface area (Å²) in [4.78, 5) is 43.0. The van der Waals surface area contributed by atoms with Gasteiger partial charge in [0.2, 0.25) is 5.78 Å². The van der Waals surface area contributed by atoms with Crippen molar-refractivity contribution in [2.45, 2.75) is 89.5 Å². The molecule has 31 heavy (non-hydrogen) atoms. The van der Waals surface area contributed by atoms with Crippen molar-refractivity contribution in [2.24, 2.45) is 0 Å². The summed E-state index contributed by atoms with van der Waals surface area (Å²) in [6.45, 7) is 6.20. The normalized spacial score (nSPS) is 17.5. The second-order valence-corrected chi connectivity index (χ2v) is 10.1. The molecule has 7 heteroatoms. The standard InChI is InChI=1S/C24H36N2O4S/c1-4-5-6-7-8-9-14-21(27)22(28)26-20(18-31-24(26,2)3)23(29)30-16-11-13-19-12-10-15-25-17-19/h10,12,15,17,20H,4-9,11,13-14,16,18H2,1-3H3/t20-/m0/s1. The Morgan fingerprint density at radius 3 is 2.61 bits per heavy atom. The smallest absolute Gasteiger partial charge is 0.329 e. The SMILES string of the molecule is CCCCCCCCC(=O)C(=O)N1[C@H](C(=O)OCCCc2cccnc2)CSC1(C)C. The first-order valence-electron chi connectivity index (χ1n) is 11.4. The molecular formula is C24H36N2O4S. The van der Waals surface area contributed by atoms with Crippen LogP contribution in [0.25, 0.3) is 0 Å². The number of hydrogen-bond donors (Lipinski definition) is 0. The Kier molecular flexibility index (Phi) is 10.5. The number of carbonyl (C=O) groups is 3. The number of nitrogens with zero attached hydrogens (tertiary/aromatic N) is 2. The van der Waals surface area contributed by atoms with Crippen LogP contribution in [0.3, 0.4) is 0 Å². The van der Waals surface area contributed by atoms with Crippen molar-refractivity contribution in [3.8, 4) is 0 Å². The van der Waals surface area contributed by atoms with E-state index in [-0.39, 0.29) is 13.0 Å². The number of aromatic nitrogens is 1. The number of hydrogen-bond acceptors (Lipinski definition) is 6. The Morgan fingerprint density at radius 2 is 1.90 bits per heavy atom. The number of ether oxygens (including phenoxy) is 1. The van der Waals surface area contributed by atoms with Crippen molar-refractivity contribution in [3.63, 3.8) is 0 Å². The number of ketones is 1. The molecule has 1 saturated heterocycles. The monoisotopic (exact) mass is 448 g/mol. The highest BCUT2D eigenvalue weighted by molar-refractivity contribution is 8.00. The number of aryl methyl sites for hydroxylation is 1. The van der Waals surface area contributed by atoms with E-state index in [0.29, 0.717) is 12.2 Å². The maximum absolute atomic E-state index is 12.9. The molecule has 1 aliphatic heterocycles. The molecule has 1 aliphatic rings. The number of esters is 1. The molecule has 1 atom stereocenters. The van der Waals surface area contributed by atoms with Crippen LogP contribution in [0.4, 0.5) is 0 Å². The molecule has 0 saturated carbocycles. The lowest BCUT2D eigenvalue weighted by molar-refractivity contribution is -0.158. The average molecular weight is 449 g/mol. The van der Waals surface area contributed by atoms with Gasteiger partial charge in [0.05, 0.1) is 11.5 Å². The molecule has 0 aromatic carbocycles. The van der Waals surface area contributed by atoms with Crippen LogP contribution in [0.1, 0.15) is 77.7 Å². The van der Waals surface area contributed by atoms with E-state index in [2.05, 4.69) is 11.9 Å². The van der Waals surface area contributed by atoms with Gasteiger partial charge in [0, 0.05) is 24.6 Å². The molecular weight excluding hydrogens is 412 g/mol. The molecule has 2 heterocycles. The lowest BCUT2D eigenvalue weighted by Gasteiger charge is -2.33. The molecule has 2 rings (SSSR count). The van der Waals surface area contributed by atoms with Gasteiger partial charge in [0.25, 0.3) is 5.91 Å². The van der Waals surface area contributed by atoms with Crippen LogP contribution in [0, 0.1) is 0 Å². The van der Waals surface area contributed by atoms with Crippen molar-refractivity contribution in [1.82, 2.24) is 9.88 Å². The van der Waals surface area contributed by atoms with Crippen LogP contribution >= 0.6 is 11.8 Å². The molecule has 1 aromatic heterocycles. The van der Waals surface area contributed by atoms with Crippen molar-refractivity contribution >= 4 is 29.4 Å². The maximum Gasteiger partial charge on any atom is 0.329 e. The molecule has 172 valence electrons. The predicted octanol–water partition coefficient (Wildman–Crippen LogP) is 4.56. The number of unbranched alkanes of at least 4 members (excludes halogenated alkanes) is 5. The third-order valence-corrected chi connectivity index (χ3v) is 6.94. The van der Waals surface area contributed by atoms with Gasteiger partial charge in [-0.15, -0.1) is 11.8 Å². The predicted molar refractivity (Wildman–Crippen MR) is 124 cm³/mol. The van der Waals surface area contributed by atoms with E-state index in [1.165, 1.54) is 35.9 Å². The zero-order valence-electron chi connectivity index (χ0n) is 19.1. The zero-order valence-corrected chi connectivity index (χ0v) is 19.9. The number of amides is 1. The van der Waals surface area contributed by atoms with Gasteiger partial charge in [-0.05, 0) is 44.7 Å². The van der Waals surface area contributed by atoms with E-state index < -0.39 is 28.6 Å². The molecule has 0 N–H and O–H groups in total. The molecule has 1 amide bonds. The summed E-state index contributed by atoms with van der Waals surface area (Å²) < 4.78 is 5.46.